The van der Waals surface area contributed by atoms with Crippen molar-refractivity contribution < 1.29 is 9.47 Å². The molecule has 2 aromatic heterocycles. The average Bonchev–Trinajstić information content (AvgIpc) is 3.34. The van der Waals surface area contributed by atoms with Gasteiger partial charge >= 0.3 is 0 Å². The van der Waals surface area contributed by atoms with Crippen LogP contribution in [-0.4, -0.2) is 33.7 Å². The molecule has 2 aromatic carbocycles. The van der Waals surface area contributed by atoms with Crippen molar-refractivity contribution >= 4 is 22.9 Å². The van der Waals surface area contributed by atoms with Gasteiger partial charge < -0.3 is 19.0 Å². The summed E-state index contributed by atoms with van der Waals surface area (Å²) >= 11 is 1.46. The first-order valence-electron chi connectivity index (χ1n) is 12.1. The van der Waals surface area contributed by atoms with Crippen LogP contribution in [0.3, 0.4) is 0 Å². The molecule has 0 spiro atoms. The second-order valence-electron chi connectivity index (χ2n) is 9.02. The number of hydrogen-bond acceptors (Lipinski definition) is 6. The van der Waals surface area contributed by atoms with Gasteiger partial charge in [-0.3, -0.25) is 5.41 Å². The van der Waals surface area contributed by atoms with Crippen molar-refractivity contribution in [3.05, 3.63) is 65.9 Å². The molecular weight excluding hydrogens is 458 g/mol. The van der Waals surface area contributed by atoms with Crippen LogP contribution in [-0.2, 0) is 6.54 Å². The summed E-state index contributed by atoms with van der Waals surface area (Å²) in [4.78, 5) is 13.5. The van der Waals surface area contributed by atoms with E-state index in [4.69, 9.17) is 19.9 Å². The lowest BCUT2D eigenvalue weighted by atomic mass is 9.76. The number of nitrogens with zero attached hydrogens (tertiary/aromatic N) is 3. The lowest BCUT2D eigenvalue weighted by molar-refractivity contribution is 0.284. The number of benzene rings is 2. The average molecular weight is 490 g/mol. The summed E-state index contributed by atoms with van der Waals surface area (Å²) in [6.07, 6.45) is 8.20. The van der Waals surface area contributed by atoms with E-state index in [1.165, 1.54) is 49.4 Å². The van der Waals surface area contributed by atoms with Gasteiger partial charge in [0.05, 0.1) is 25.4 Å². The van der Waals surface area contributed by atoms with Crippen molar-refractivity contribution in [2.75, 3.05) is 14.2 Å². The molecule has 0 saturated heterocycles. The Kier molecular flexibility index (Phi) is 7.08. The van der Waals surface area contributed by atoms with Gasteiger partial charge in [-0.25, -0.2) is 9.97 Å². The van der Waals surface area contributed by atoms with E-state index in [1.54, 1.807) is 20.5 Å². The zero-order chi connectivity index (χ0) is 24.2. The summed E-state index contributed by atoms with van der Waals surface area (Å²) in [5.41, 5.74) is 2.96. The predicted molar refractivity (Wildman–Crippen MR) is 137 cm³/mol. The minimum Gasteiger partial charge on any atom is -0.497 e. The lowest BCUT2D eigenvalue weighted by Crippen LogP contribution is -2.23. The molecule has 1 atom stereocenters. The molecule has 2 N–H and O–H groups in total. The van der Waals surface area contributed by atoms with Crippen LogP contribution in [0.1, 0.15) is 43.6 Å². The summed E-state index contributed by atoms with van der Waals surface area (Å²) in [6, 6.07) is 16.5. The summed E-state index contributed by atoms with van der Waals surface area (Å²) in [5.74, 6) is 2.52. The zero-order valence-electron chi connectivity index (χ0n) is 20.2. The maximum absolute atomic E-state index is 8.39. The van der Waals surface area contributed by atoms with Gasteiger partial charge in [0.1, 0.15) is 17.0 Å². The Labute approximate surface area is 209 Å². The minimum atomic E-state index is 0.196. The van der Waals surface area contributed by atoms with Crippen molar-refractivity contribution in [1.82, 2.24) is 19.5 Å². The smallest absolute Gasteiger partial charge is 0.173 e. The molecule has 7 nitrogen and oxygen atoms in total. The molecule has 0 bridgehead atoms. The van der Waals surface area contributed by atoms with Gasteiger partial charge in [-0.05, 0) is 54.3 Å². The van der Waals surface area contributed by atoms with Crippen molar-refractivity contribution in [2.24, 2.45) is 5.92 Å². The van der Waals surface area contributed by atoms with E-state index in [1.807, 2.05) is 18.2 Å². The van der Waals surface area contributed by atoms with Crippen molar-refractivity contribution in [3.63, 3.8) is 0 Å². The molecule has 1 aliphatic rings. The summed E-state index contributed by atoms with van der Waals surface area (Å²) in [5, 5.41) is 9.08. The molecule has 1 saturated carbocycles. The number of hydrogen-bond donors (Lipinski definition) is 2. The molecule has 4 aromatic rings. The van der Waals surface area contributed by atoms with Gasteiger partial charge in [-0.2, -0.15) is 0 Å². The lowest BCUT2D eigenvalue weighted by Gasteiger charge is -2.31. The third-order valence-corrected chi connectivity index (χ3v) is 7.84. The van der Waals surface area contributed by atoms with Gasteiger partial charge in [-0.15, -0.1) is 0 Å². The molecule has 1 aliphatic carbocycles. The monoisotopic (exact) mass is 489 g/mol. The molecule has 8 heteroatoms. The Bertz CT molecular complexity index is 1340. The van der Waals surface area contributed by atoms with Gasteiger partial charge in [0.2, 0.25) is 0 Å². The first-order valence-corrected chi connectivity index (χ1v) is 12.9. The highest BCUT2D eigenvalue weighted by atomic mass is 32.2. The van der Waals surface area contributed by atoms with Crippen LogP contribution in [0.15, 0.2) is 64.9 Å². The van der Waals surface area contributed by atoms with Crippen molar-refractivity contribution in [3.8, 4) is 11.5 Å². The largest absolute Gasteiger partial charge is 0.497 e. The maximum atomic E-state index is 8.39. The zero-order valence-corrected chi connectivity index (χ0v) is 21.0. The number of nitrogens with one attached hydrogen (secondary N) is 2. The third kappa shape index (κ3) is 5.07. The highest BCUT2D eigenvalue weighted by molar-refractivity contribution is 7.99. The standard InChI is InChI=1S/C27H31N5O2S/c1-33-20-13-14-22(34-2)23(15-20)35-27-30-24-25(28)29-17-32(26(24)31-27)16-21(18-9-5-3-6-10-18)19-11-7-4-8-12-19/h3,5-6,9-10,13-15,17,19,21,28H,4,7-8,11-12,16H2,1-2H3,(H,30,31). The van der Waals surface area contributed by atoms with Crippen LogP contribution in [0.5, 0.6) is 11.5 Å². The molecule has 2 heterocycles. The number of ether oxygens (including phenoxy) is 2. The van der Waals surface area contributed by atoms with E-state index >= 15 is 0 Å². The molecule has 0 radical (unpaired) electrons. The van der Waals surface area contributed by atoms with Crippen LogP contribution in [0.25, 0.3) is 11.2 Å². The van der Waals surface area contributed by atoms with E-state index in [0.29, 0.717) is 22.5 Å². The van der Waals surface area contributed by atoms with Crippen LogP contribution < -0.4 is 15.0 Å². The highest BCUT2D eigenvalue weighted by Crippen LogP contribution is 2.39. The number of aromatic nitrogens is 4. The molecule has 1 fully saturated rings. The van der Waals surface area contributed by atoms with Gasteiger partial charge in [-0.1, -0.05) is 49.6 Å². The quantitative estimate of drug-likeness (QED) is 0.328. The van der Waals surface area contributed by atoms with Crippen LogP contribution >= 0.6 is 11.8 Å². The van der Waals surface area contributed by atoms with Crippen molar-refractivity contribution in [2.45, 2.75) is 54.6 Å². The predicted octanol–water partition coefficient (Wildman–Crippen LogP) is 5.77. The Morgan fingerprint density at radius 3 is 2.63 bits per heavy atom. The molecule has 0 amide bonds. The summed E-state index contributed by atoms with van der Waals surface area (Å²) < 4.78 is 13.0. The Morgan fingerprint density at radius 2 is 1.89 bits per heavy atom. The van der Waals surface area contributed by atoms with E-state index in [9.17, 15) is 0 Å². The van der Waals surface area contributed by atoms with Crippen LogP contribution in [0.4, 0.5) is 0 Å². The molecule has 182 valence electrons. The van der Waals surface area contributed by atoms with Crippen LogP contribution in [0.2, 0.25) is 0 Å². The topological polar surface area (TPSA) is 88.8 Å². The fourth-order valence-corrected chi connectivity index (χ4v) is 6.01. The fourth-order valence-electron chi connectivity index (χ4n) is 5.09. The molecule has 35 heavy (non-hydrogen) atoms. The number of imidazole rings is 1. The highest BCUT2D eigenvalue weighted by Gasteiger charge is 2.26. The summed E-state index contributed by atoms with van der Waals surface area (Å²) in [7, 11) is 3.30. The normalized spacial score (nSPS) is 15.3. The Balaban J connectivity index is 1.50. The molecular formula is C27H31N5O2S. The Hall–Kier alpha value is -3.26. The summed E-state index contributed by atoms with van der Waals surface area (Å²) in [6.45, 7) is 0.788. The van der Waals surface area contributed by atoms with E-state index in [2.05, 4.69) is 44.9 Å². The van der Waals surface area contributed by atoms with Gasteiger partial charge in [0.25, 0.3) is 0 Å². The van der Waals surface area contributed by atoms with Crippen molar-refractivity contribution in [1.29, 1.82) is 5.41 Å². The first-order chi connectivity index (χ1) is 17.2. The number of H-pyrrole nitrogens is 1. The molecule has 0 aliphatic heterocycles. The minimum absolute atomic E-state index is 0.196. The first kappa shape index (κ1) is 23.5. The second-order valence-corrected chi connectivity index (χ2v) is 10.1. The van der Waals surface area contributed by atoms with E-state index in [0.717, 1.165) is 28.6 Å². The van der Waals surface area contributed by atoms with E-state index < -0.39 is 0 Å². The number of methoxy groups -OCH3 is 2. The third-order valence-electron chi connectivity index (χ3n) is 6.92. The number of fused-ring (bicyclic) bond motifs is 1. The Morgan fingerprint density at radius 1 is 1.09 bits per heavy atom. The van der Waals surface area contributed by atoms with Gasteiger partial charge in [0, 0.05) is 12.5 Å². The van der Waals surface area contributed by atoms with Crippen LogP contribution in [0, 0.1) is 11.3 Å². The SMILES string of the molecule is COc1ccc(OC)c(Sc2nc3c([nH]2)c(=N)ncn3CC(c2ccccc2)C2CCCCC2)c1. The number of rotatable bonds is 8. The number of aromatic amines is 1. The second kappa shape index (κ2) is 10.6. The fraction of sp³-hybridized carbons (Fsp3) is 0.370. The molecule has 1 unspecified atom stereocenters. The maximum Gasteiger partial charge on any atom is 0.173 e. The molecule has 5 rings (SSSR count). The van der Waals surface area contributed by atoms with Gasteiger partial charge in [0.15, 0.2) is 16.3 Å². The van der Waals surface area contributed by atoms with E-state index in [-0.39, 0.29) is 5.49 Å².